The number of nitrogens with zero attached hydrogens (tertiary/aromatic N) is 1. The van der Waals surface area contributed by atoms with E-state index in [9.17, 15) is 4.79 Å². The summed E-state index contributed by atoms with van der Waals surface area (Å²) >= 11 is 17.8. The molecule has 0 saturated heterocycles. The van der Waals surface area contributed by atoms with Crippen LogP contribution in [0.25, 0.3) is 22.3 Å². The van der Waals surface area contributed by atoms with E-state index in [1.165, 1.54) is 6.21 Å². The molecule has 0 aliphatic heterocycles. The summed E-state index contributed by atoms with van der Waals surface area (Å²) in [5.41, 5.74) is 3.75. The van der Waals surface area contributed by atoms with Gasteiger partial charge in [-0.3, -0.25) is 4.79 Å². The molecule has 5 nitrogen and oxygen atoms in total. The molecule has 0 fully saturated rings. The lowest BCUT2D eigenvalue weighted by Crippen LogP contribution is -2.16. The predicted molar refractivity (Wildman–Crippen MR) is 126 cm³/mol. The van der Waals surface area contributed by atoms with Crippen LogP contribution in [0, 0.1) is 3.57 Å². The molecule has 2 aromatic carbocycles. The number of furan rings is 2. The van der Waals surface area contributed by atoms with Gasteiger partial charge in [0.15, 0.2) is 5.76 Å². The molecule has 2 heterocycles. The maximum Gasteiger partial charge on any atom is 0.307 e. The number of hydrogen-bond donors (Lipinski definition) is 1. The largest absolute Gasteiger partial charge is 0.455 e. The van der Waals surface area contributed by atoms with E-state index in [-0.39, 0.29) is 5.76 Å². The Balaban J connectivity index is 1.48. The van der Waals surface area contributed by atoms with Crippen molar-refractivity contribution in [3.8, 4) is 11.3 Å². The molecule has 2 aromatic heterocycles. The van der Waals surface area contributed by atoms with Gasteiger partial charge in [-0.15, -0.1) is 0 Å². The van der Waals surface area contributed by atoms with E-state index in [1.807, 2.05) is 12.1 Å². The highest BCUT2D eigenvalue weighted by atomic mass is 127. The van der Waals surface area contributed by atoms with E-state index in [2.05, 4.69) is 49.0 Å². The Morgan fingerprint density at radius 1 is 1.14 bits per heavy atom. The van der Waals surface area contributed by atoms with Gasteiger partial charge in [0.2, 0.25) is 0 Å². The van der Waals surface area contributed by atoms with Gasteiger partial charge in [-0.25, -0.2) is 5.43 Å². The van der Waals surface area contributed by atoms with Gasteiger partial charge in [0, 0.05) is 15.4 Å². The summed E-state index contributed by atoms with van der Waals surface area (Å²) in [4.78, 5) is 12.3. The molecule has 1 N–H and O–H groups in total. The Hall–Kier alpha value is -1.81. The minimum absolute atomic E-state index is 0.166. The van der Waals surface area contributed by atoms with Crippen LogP contribution in [0.15, 0.2) is 66.9 Å². The third-order valence-electron chi connectivity index (χ3n) is 3.96. The predicted octanol–water partition coefficient (Wildman–Crippen LogP) is 7.13. The van der Waals surface area contributed by atoms with Gasteiger partial charge in [-0.1, -0.05) is 45.2 Å². The van der Waals surface area contributed by atoms with Crippen molar-refractivity contribution in [3.63, 3.8) is 0 Å². The molecule has 0 bridgehead atoms. The summed E-state index contributed by atoms with van der Waals surface area (Å²) < 4.78 is 13.1. The second-order valence-corrected chi connectivity index (χ2v) is 8.78. The first-order valence-electron chi connectivity index (χ1n) is 8.18. The van der Waals surface area contributed by atoms with Crippen LogP contribution in [-0.4, -0.2) is 12.1 Å². The summed E-state index contributed by atoms with van der Waals surface area (Å²) in [6, 6.07) is 14.2. The zero-order valence-electron chi connectivity index (χ0n) is 14.4. The summed E-state index contributed by atoms with van der Waals surface area (Å²) in [5.74, 6) is 0.690. The number of rotatable bonds is 4. The van der Waals surface area contributed by atoms with Crippen LogP contribution >= 0.6 is 61.7 Å². The standard InChI is InChI=1S/C20H10BrCl2IN2O3/c21-11-6-10-7-17(29-19(10)15(24)8-11)20(27)26-25-9-12-4-5-16(28-12)13-2-1-3-14(22)18(13)23/h1-9H,(H,26,27)/b25-9+. The molecule has 4 rings (SSSR count). The van der Waals surface area contributed by atoms with E-state index >= 15 is 0 Å². The topological polar surface area (TPSA) is 67.7 Å². The van der Waals surface area contributed by atoms with Gasteiger partial charge >= 0.3 is 5.91 Å². The Morgan fingerprint density at radius 3 is 2.79 bits per heavy atom. The third-order valence-corrected chi connectivity index (χ3v) is 6.04. The quantitative estimate of drug-likeness (QED) is 0.153. The molecule has 9 heteroatoms. The first kappa shape index (κ1) is 20.5. The maximum atomic E-state index is 12.3. The van der Waals surface area contributed by atoms with Crippen LogP contribution in [0.2, 0.25) is 10.0 Å². The van der Waals surface area contributed by atoms with Gasteiger partial charge in [-0.05, 0) is 65.1 Å². The van der Waals surface area contributed by atoms with Gasteiger partial charge in [-0.2, -0.15) is 5.10 Å². The zero-order chi connectivity index (χ0) is 20.5. The Morgan fingerprint density at radius 2 is 1.97 bits per heavy atom. The molecule has 0 aliphatic carbocycles. The minimum atomic E-state index is -0.464. The number of carbonyl (C=O) groups is 1. The number of halogens is 4. The normalized spacial score (nSPS) is 11.4. The number of fused-ring (bicyclic) bond motifs is 1. The Labute approximate surface area is 197 Å². The number of hydrazone groups is 1. The van der Waals surface area contributed by atoms with Gasteiger partial charge in [0.05, 0.1) is 19.8 Å². The number of amides is 1. The minimum Gasteiger partial charge on any atom is -0.455 e. The second kappa shape index (κ2) is 8.51. The molecule has 1 amide bonds. The molecule has 4 aromatic rings. The van der Waals surface area contributed by atoms with Crippen LogP contribution in [0.5, 0.6) is 0 Å². The maximum absolute atomic E-state index is 12.3. The molecular weight excluding hydrogens is 594 g/mol. The van der Waals surface area contributed by atoms with E-state index in [0.717, 1.165) is 13.4 Å². The fourth-order valence-corrected chi connectivity index (χ4v) is 4.71. The lowest BCUT2D eigenvalue weighted by atomic mass is 10.2. The zero-order valence-corrected chi connectivity index (χ0v) is 19.6. The van der Waals surface area contributed by atoms with Crippen LogP contribution < -0.4 is 5.43 Å². The van der Waals surface area contributed by atoms with Crippen molar-refractivity contribution in [1.29, 1.82) is 0 Å². The fourth-order valence-electron chi connectivity index (χ4n) is 2.66. The fraction of sp³-hybridized carbons (Fsp3) is 0. The number of benzene rings is 2. The van der Waals surface area contributed by atoms with Crippen molar-refractivity contribution < 1.29 is 13.6 Å². The van der Waals surface area contributed by atoms with Gasteiger partial charge < -0.3 is 8.83 Å². The Bertz CT molecular complexity index is 1270. The van der Waals surface area contributed by atoms with Crippen molar-refractivity contribution in [2.75, 3.05) is 0 Å². The summed E-state index contributed by atoms with van der Waals surface area (Å²) in [5, 5.41) is 5.60. The monoisotopic (exact) mass is 602 g/mol. The number of hydrogen-bond acceptors (Lipinski definition) is 4. The molecule has 146 valence electrons. The van der Waals surface area contributed by atoms with E-state index in [1.54, 1.807) is 36.4 Å². The lowest BCUT2D eigenvalue weighted by Gasteiger charge is -2.01. The smallest absolute Gasteiger partial charge is 0.307 e. The third kappa shape index (κ3) is 4.37. The molecule has 0 aliphatic rings. The van der Waals surface area contributed by atoms with Crippen LogP contribution in [0.4, 0.5) is 0 Å². The summed E-state index contributed by atoms with van der Waals surface area (Å²) in [6.45, 7) is 0. The molecule has 0 saturated carbocycles. The van der Waals surface area contributed by atoms with E-state index in [0.29, 0.717) is 32.7 Å². The lowest BCUT2D eigenvalue weighted by molar-refractivity contribution is 0.0929. The summed E-state index contributed by atoms with van der Waals surface area (Å²) in [7, 11) is 0. The molecular formula is C20H10BrCl2IN2O3. The van der Waals surface area contributed by atoms with E-state index in [4.69, 9.17) is 32.0 Å². The van der Waals surface area contributed by atoms with Crippen molar-refractivity contribution in [2.24, 2.45) is 5.10 Å². The molecule has 0 atom stereocenters. The number of nitrogens with one attached hydrogen (secondary N) is 1. The first-order chi connectivity index (χ1) is 13.9. The Kier molecular flexibility index (Phi) is 6.00. The van der Waals surface area contributed by atoms with Crippen LogP contribution in [0.3, 0.4) is 0 Å². The van der Waals surface area contributed by atoms with Crippen molar-refractivity contribution in [1.82, 2.24) is 5.43 Å². The highest BCUT2D eigenvalue weighted by Gasteiger charge is 2.14. The molecule has 0 unspecified atom stereocenters. The molecule has 29 heavy (non-hydrogen) atoms. The van der Waals surface area contributed by atoms with Crippen molar-refractivity contribution in [2.45, 2.75) is 0 Å². The first-order valence-corrected chi connectivity index (χ1v) is 10.8. The number of carbonyl (C=O) groups excluding carboxylic acids is 1. The van der Waals surface area contributed by atoms with Crippen LogP contribution in [-0.2, 0) is 0 Å². The average Bonchev–Trinajstić information content (AvgIpc) is 3.31. The van der Waals surface area contributed by atoms with Crippen molar-refractivity contribution >= 4 is 84.8 Å². The molecule has 0 radical (unpaired) electrons. The summed E-state index contributed by atoms with van der Waals surface area (Å²) in [6.07, 6.45) is 1.39. The SMILES string of the molecule is O=C(N/N=C/c1ccc(-c2cccc(Cl)c2Cl)o1)c1cc2cc(Br)cc(I)c2o1. The van der Waals surface area contributed by atoms with Gasteiger partial charge in [0.1, 0.15) is 17.1 Å². The average molecular weight is 604 g/mol. The highest BCUT2D eigenvalue weighted by molar-refractivity contribution is 14.1. The van der Waals surface area contributed by atoms with Crippen LogP contribution in [0.1, 0.15) is 16.3 Å². The second-order valence-electron chi connectivity index (χ2n) is 5.92. The van der Waals surface area contributed by atoms with E-state index < -0.39 is 5.91 Å². The van der Waals surface area contributed by atoms with Gasteiger partial charge in [0.25, 0.3) is 0 Å². The van der Waals surface area contributed by atoms with Crippen molar-refractivity contribution in [3.05, 3.63) is 78.1 Å². The molecule has 0 spiro atoms. The highest BCUT2D eigenvalue weighted by Crippen LogP contribution is 2.34.